The standard InChI is InChI=1S/C17H26N4O/c1-13-5-4-10-21(13)14-7-11-20(12-8-14)16-15(17(22)18-2)6-3-9-19-16/h3,6,9,13-14H,4-5,7-8,10-12H2,1-2H3,(H,18,22). The lowest BCUT2D eigenvalue weighted by Gasteiger charge is -2.39. The Morgan fingerprint density at radius 1 is 1.27 bits per heavy atom. The van der Waals surface area contributed by atoms with Gasteiger partial charge in [-0.1, -0.05) is 0 Å². The molecule has 1 atom stereocenters. The second-order valence-electron chi connectivity index (χ2n) is 6.40. The molecule has 1 N–H and O–H groups in total. The number of amides is 1. The fourth-order valence-electron chi connectivity index (χ4n) is 3.87. The molecule has 2 saturated heterocycles. The van der Waals surface area contributed by atoms with Crippen molar-refractivity contribution in [3.8, 4) is 0 Å². The molecule has 0 aliphatic carbocycles. The minimum atomic E-state index is -0.0570. The Labute approximate surface area is 132 Å². The highest BCUT2D eigenvalue weighted by molar-refractivity contribution is 5.98. The number of anilines is 1. The van der Waals surface area contributed by atoms with E-state index in [4.69, 9.17) is 0 Å². The van der Waals surface area contributed by atoms with Gasteiger partial charge in [-0.05, 0) is 51.3 Å². The molecule has 5 nitrogen and oxygen atoms in total. The van der Waals surface area contributed by atoms with Crippen LogP contribution in [0.1, 0.15) is 43.0 Å². The minimum Gasteiger partial charge on any atom is -0.356 e. The van der Waals surface area contributed by atoms with Gasteiger partial charge in [-0.3, -0.25) is 9.69 Å². The Balaban J connectivity index is 1.68. The van der Waals surface area contributed by atoms with Crippen molar-refractivity contribution in [1.82, 2.24) is 15.2 Å². The Morgan fingerprint density at radius 2 is 2.05 bits per heavy atom. The van der Waals surface area contributed by atoms with Crippen LogP contribution in [0.2, 0.25) is 0 Å². The second kappa shape index (κ2) is 6.65. The molecule has 1 aromatic heterocycles. The summed E-state index contributed by atoms with van der Waals surface area (Å²) in [6, 6.07) is 5.11. The zero-order valence-electron chi connectivity index (χ0n) is 13.6. The SMILES string of the molecule is CNC(=O)c1cccnc1N1CCC(N2CCCC2C)CC1. The normalized spacial score (nSPS) is 23.7. The van der Waals surface area contributed by atoms with E-state index in [-0.39, 0.29) is 5.91 Å². The third kappa shape index (κ3) is 2.95. The molecule has 120 valence electrons. The summed E-state index contributed by atoms with van der Waals surface area (Å²) in [5.41, 5.74) is 0.679. The summed E-state index contributed by atoms with van der Waals surface area (Å²) < 4.78 is 0. The summed E-state index contributed by atoms with van der Waals surface area (Å²) in [6.07, 6.45) is 6.77. The van der Waals surface area contributed by atoms with E-state index in [1.807, 2.05) is 12.1 Å². The molecular weight excluding hydrogens is 276 g/mol. The number of piperidine rings is 1. The first-order valence-electron chi connectivity index (χ1n) is 8.38. The largest absolute Gasteiger partial charge is 0.356 e. The Bertz CT molecular complexity index is 525. The van der Waals surface area contributed by atoms with Gasteiger partial charge in [-0.15, -0.1) is 0 Å². The number of carbonyl (C=O) groups is 1. The molecule has 3 rings (SSSR count). The van der Waals surface area contributed by atoms with Crippen LogP contribution < -0.4 is 10.2 Å². The van der Waals surface area contributed by atoms with Crippen molar-refractivity contribution < 1.29 is 4.79 Å². The Kier molecular flexibility index (Phi) is 4.62. The van der Waals surface area contributed by atoms with Crippen molar-refractivity contribution in [2.24, 2.45) is 0 Å². The van der Waals surface area contributed by atoms with Crippen LogP contribution in [0, 0.1) is 0 Å². The van der Waals surface area contributed by atoms with Crippen LogP contribution in [0.15, 0.2) is 18.3 Å². The van der Waals surface area contributed by atoms with Gasteiger partial charge in [-0.2, -0.15) is 0 Å². The average molecular weight is 302 g/mol. The minimum absolute atomic E-state index is 0.0570. The number of hydrogen-bond donors (Lipinski definition) is 1. The molecule has 1 aromatic rings. The van der Waals surface area contributed by atoms with Crippen LogP contribution in [0.3, 0.4) is 0 Å². The van der Waals surface area contributed by atoms with Gasteiger partial charge in [0.15, 0.2) is 0 Å². The fourth-order valence-corrected chi connectivity index (χ4v) is 3.87. The summed E-state index contributed by atoms with van der Waals surface area (Å²) in [4.78, 5) is 21.4. The number of nitrogens with one attached hydrogen (secondary N) is 1. The van der Waals surface area contributed by atoms with E-state index in [0.717, 1.165) is 37.8 Å². The fraction of sp³-hybridized carbons (Fsp3) is 0.647. The molecule has 2 fully saturated rings. The number of likely N-dealkylation sites (tertiary alicyclic amines) is 1. The zero-order valence-corrected chi connectivity index (χ0v) is 13.6. The van der Waals surface area contributed by atoms with E-state index < -0.39 is 0 Å². The van der Waals surface area contributed by atoms with Crippen LogP contribution in [0.4, 0.5) is 5.82 Å². The van der Waals surface area contributed by atoms with E-state index in [9.17, 15) is 4.79 Å². The van der Waals surface area contributed by atoms with Crippen LogP contribution in [0.25, 0.3) is 0 Å². The smallest absolute Gasteiger partial charge is 0.254 e. The van der Waals surface area contributed by atoms with Crippen LogP contribution in [0.5, 0.6) is 0 Å². The first-order valence-corrected chi connectivity index (χ1v) is 8.38. The van der Waals surface area contributed by atoms with Crippen LogP contribution in [-0.2, 0) is 0 Å². The van der Waals surface area contributed by atoms with Crippen molar-refractivity contribution in [2.45, 2.75) is 44.7 Å². The van der Waals surface area contributed by atoms with E-state index in [2.05, 4.69) is 27.0 Å². The van der Waals surface area contributed by atoms with Crippen molar-refractivity contribution >= 4 is 11.7 Å². The van der Waals surface area contributed by atoms with Gasteiger partial charge in [0, 0.05) is 38.4 Å². The number of nitrogens with zero attached hydrogens (tertiary/aromatic N) is 3. The summed E-state index contributed by atoms with van der Waals surface area (Å²) >= 11 is 0. The quantitative estimate of drug-likeness (QED) is 0.926. The lowest BCUT2D eigenvalue weighted by atomic mass is 10.0. The Hall–Kier alpha value is -1.62. The van der Waals surface area contributed by atoms with Gasteiger partial charge in [0.1, 0.15) is 5.82 Å². The van der Waals surface area contributed by atoms with E-state index in [0.29, 0.717) is 11.6 Å². The van der Waals surface area contributed by atoms with Crippen molar-refractivity contribution in [1.29, 1.82) is 0 Å². The second-order valence-corrected chi connectivity index (χ2v) is 6.40. The molecule has 1 amide bonds. The van der Waals surface area contributed by atoms with Crippen molar-refractivity contribution in [3.05, 3.63) is 23.9 Å². The molecule has 0 spiro atoms. The molecule has 0 bridgehead atoms. The van der Waals surface area contributed by atoms with Gasteiger partial charge < -0.3 is 10.2 Å². The Morgan fingerprint density at radius 3 is 2.68 bits per heavy atom. The third-order valence-corrected chi connectivity index (χ3v) is 5.10. The number of rotatable bonds is 3. The maximum Gasteiger partial charge on any atom is 0.254 e. The molecule has 0 aromatic carbocycles. The summed E-state index contributed by atoms with van der Waals surface area (Å²) in [7, 11) is 1.67. The van der Waals surface area contributed by atoms with Crippen molar-refractivity contribution in [3.63, 3.8) is 0 Å². The lowest BCUT2D eigenvalue weighted by molar-refractivity contribution is 0.0963. The van der Waals surface area contributed by atoms with Crippen LogP contribution >= 0.6 is 0 Å². The maximum absolute atomic E-state index is 12.0. The highest BCUT2D eigenvalue weighted by Crippen LogP contribution is 2.28. The maximum atomic E-state index is 12.0. The number of aromatic nitrogens is 1. The first kappa shape index (κ1) is 15.3. The highest BCUT2D eigenvalue weighted by atomic mass is 16.1. The predicted octanol–water partition coefficient (Wildman–Crippen LogP) is 1.89. The third-order valence-electron chi connectivity index (χ3n) is 5.10. The topological polar surface area (TPSA) is 48.5 Å². The molecule has 0 saturated carbocycles. The predicted molar refractivity (Wildman–Crippen MR) is 88.3 cm³/mol. The molecule has 0 radical (unpaired) electrons. The highest BCUT2D eigenvalue weighted by Gasteiger charge is 2.31. The lowest BCUT2D eigenvalue weighted by Crippen LogP contribution is -2.46. The van der Waals surface area contributed by atoms with Gasteiger partial charge in [0.05, 0.1) is 5.56 Å². The number of pyridine rings is 1. The summed E-state index contributed by atoms with van der Waals surface area (Å²) in [6.45, 7) is 5.56. The molecule has 1 unspecified atom stereocenters. The zero-order chi connectivity index (χ0) is 15.5. The molecule has 22 heavy (non-hydrogen) atoms. The van der Waals surface area contributed by atoms with Crippen molar-refractivity contribution in [2.75, 3.05) is 31.6 Å². The first-order chi connectivity index (χ1) is 10.7. The van der Waals surface area contributed by atoms with Gasteiger partial charge in [-0.25, -0.2) is 4.98 Å². The van der Waals surface area contributed by atoms with Gasteiger partial charge in [0.25, 0.3) is 5.91 Å². The summed E-state index contributed by atoms with van der Waals surface area (Å²) in [5, 5.41) is 2.71. The van der Waals surface area contributed by atoms with Gasteiger partial charge >= 0.3 is 0 Å². The van der Waals surface area contributed by atoms with E-state index in [1.165, 1.54) is 19.4 Å². The molecular formula is C17H26N4O. The van der Waals surface area contributed by atoms with E-state index in [1.54, 1.807) is 13.2 Å². The average Bonchev–Trinajstić information content (AvgIpc) is 3.00. The van der Waals surface area contributed by atoms with E-state index >= 15 is 0 Å². The van der Waals surface area contributed by atoms with Crippen LogP contribution in [-0.4, -0.2) is 54.6 Å². The summed E-state index contributed by atoms with van der Waals surface area (Å²) in [5.74, 6) is 0.771. The number of carbonyl (C=O) groups excluding carboxylic acids is 1. The molecule has 5 heteroatoms. The molecule has 3 heterocycles. The van der Waals surface area contributed by atoms with Gasteiger partial charge in [0.2, 0.25) is 0 Å². The monoisotopic (exact) mass is 302 g/mol. The number of hydrogen-bond acceptors (Lipinski definition) is 4. The molecule has 2 aliphatic rings. The molecule has 2 aliphatic heterocycles.